The molecule has 0 atom stereocenters. The number of quaternary nitrogens is 2. The van der Waals surface area contributed by atoms with Gasteiger partial charge in [-0.15, -0.1) is 12.4 Å². The van der Waals surface area contributed by atoms with Crippen LogP contribution >= 0.6 is 12.4 Å². The Labute approximate surface area is 126 Å². The van der Waals surface area contributed by atoms with Gasteiger partial charge in [0, 0.05) is 13.1 Å². The van der Waals surface area contributed by atoms with Crippen LogP contribution < -0.4 is 36.3 Å². The predicted molar refractivity (Wildman–Crippen MR) is 71.2 cm³/mol. The van der Waals surface area contributed by atoms with E-state index < -0.39 is 0 Å². The lowest BCUT2D eigenvalue weighted by atomic mass is 10.5. The third-order valence-corrected chi connectivity index (χ3v) is 1.60. The van der Waals surface area contributed by atoms with Gasteiger partial charge in [0.2, 0.25) is 0 Å². The number of nitrogens with zero attached hydrogens (tertiary/aromatic N) is 2. The molecule has 7 heteroatoms. The first kappa shape index (κ1) is 30.6. The highest BCUT2D eigenvalue weighted by Crippen LogP contribution is 1.84. The van der Waals surface area contributed by atoms with Gasteiger partial charge in [0.15, 0.2) is 0 Å². The molecule has 0 rings (SSSR count). The molecule has 0 aromatic heterocycles. The summed E-state index contributed by atoms with van der Waals surface area (Å²) in [5.74, 6) is 0. The van der Waals surface area contributed by atoms with Crippen LogP contribution in [0.4, 0.5) is 0 Å². The minimum atomic E-state index is 0. The summed E-state index contributed by atoms with van der Waals surface area (Å²) < 4.78 is 1.94. The maximum Gasteiger partial charge on any atom is 0.0905 e. The Kier molecular flexibility index (Phi) is 26.6. The van der Waals surface area contributed by atoms with E-state index in [1.165, 1.54) is 0 Å². The van der Waals surface area contributed by atoms with Crippen molar-refractivity contribution in [2.75, 3.05) is 68.5 Å². The van der Waals surface area contributed by atoms with Crippen LogP contribution in [-0.4, -0.2) is 77.4 Å². The van der Waals surface area contributed by atoms with Gasteiger partial charge in [0.05, 0.1) is 55.4 Å². The lowest BCUT2D eigenvalue weighted by Gasteiger charge is -2.22. The van der Waals surface area contributed by atoms with Crippen LogP contribution in [0.2, 0.25) is 0 Å². The van der Waals surface area contributed by atoms with E-state index in [9.17, 15) is 0 Å². The molecule has 4 nitrogen and oxygen atoms in total. The first-order chi connectivity index (χ1) is 6.12. The molecule has 0 aromatic rings. The zero-order chi connectivity index (χ0) is 11.8. The Morgan fingerprint density at radius 1 is 0.647 bits per heavy atom. The third-order valence-electron chi connectivity index (χ3n) is 1.60. The minimum absolute atomic E-state index is 0. The van der Waals surface area contributed by atoms with Crippen LogP contribution in [-0.2, 0) is 0 Å². The van der Waals surface area contributed by atoms with Crippen molar-refractivity contribution < 1.29 is 33.8 Å². The summed E-state index contributed by atoms with van der Waals surface area (Å²) in [4.78, 5) is 0. The van der Waals surface area contributed by atoms with Gasteiger partial charge in [-0.1, -0.05) is 0 Å². The number of nitrogens with two attached hydrogens (primary N) is 2. The average molecular weight is 314 g/mol. The van der Waals surface area contributed by atoms with Crippen molar-refractivity contribution in [2.45, 2.75) is 0 Å². The van der Waals surface area contributed by atoms with Crippen molar-refractivity contribution in [3.63, 3.8) is 0 Å². The van der Waals surface area contributed by atoms with E-state index in [0.29, 0.717) is 0 Å². The Bertz CT molecular complexity index is 116. The molecular weight excluding hydrogens is 282 g/mol. The van der Waals surface area contributed by atoms with Crippen molar-refractivity contribution in [1.82, 2.24) is 0 Å². The molecule has 0 saturated heterocycles. The smallest absolute Gasteiger partial charge is 0.0905 e. The van der Waals surface area contributed by atoms with Gasteiger partial charge in [-0.3, -0.25) is 0 Å². The standard InChI is InChI=1S/2C5H15N2.3ClH/c2*1-7(2,3)5-4-6;;;/h2*4-6H2,1-3H3;3*1H/q2*+1;;;/p-2. The Hall–Kier alpha value is 0.710. The summed E-state index contributed by atoms with van der Waals surface area (Å²) in [6.07, 6.45) is 0. The zero-order valence-corrected chi connectivity index (χ0v) is 14.4. The third kappa shape index (κ3) is 47.7. The van der Waals surface area contributed by atoms with Gasteiger partial charge in [-0.25, -0.2) is 0 Å². The SMILES string of the molecule is C[N+](C)(C)CCN.C[N+](C)(C)CCN.Cl.[Cl-].[Cl-]. The molecule has 0 aromatic carbocycles. The van der Waals surface area contributed by atoms with Crippen LogP contribution in [0.1, 0.15) is 0 Å². The van der Waals surface area contributed by atoms with Crippen LogP contribution in [0.3, 0.4) is 0 Å². The fourth-order valence-electron chi connectivity index (χ4n) is 0.775. The predicted octanol–water partition coefficient (Wildman–Crippen LogP) is -6.27. The molecule has 0 fully saturated rings. The molecule has 0 aliphatic carbocycles. The molecule has 0 unspecified atom stereocenters. The molecule has 0 aliphatic rings. The molecule has 112 valence electrons. The second-order valence-corrected chi connectivity index (χ2v) is 5.61. The van der Waals surface area contributed by atoms with Crippen LogP contribution in [0.15, 0.2) is 0 Å². The normalized spacial score (nSPS) is 9.88. The number of hydrogen-bond donors (Lipinski definition) is 2. The Balaban J connectivity index is -0.0000000480. The van der Waals surface area contributed by atoms with Crippen LogP contribution in [0.25, 0.3) is 0 Å². The van der Waals surface area contributed by atoms with E-state index in [-0.39, 0.29) is 37.2 Å². The summed E-state index contributed by atoms with van der Waals surface area (Å²) in [6, 6.07) is 0. The fraction of sp³-hybridized carbons (Fsp3) is 1.00. The monoisotopic (exact) mass is 312 g/mol. The molecule has 0 amide bonds. The van der Waals surface area contributed by atoms with Crippen molar-refractivity contribution in [3.05, 3.63) is 0 Å². The summed E-state index contributed by atoms with van der Waals surface area (Å²) in [7, 11) is 12.8. The van der Waals surface area contributed by atoms with Gasteiger partial charge < -0.3 is 45.2 Å². The number of halogens is 3. The first-order valence-electron chi connectivity index (χ1n) is 5.13. The first-order valence-corrected chi connectivity index (χ1v) is 5.13. The van der Waals surface area contributed by atoms with E-state index in [0.717, 1.165) is 35.1 Å². The molecule has 0 bridgehead atoms. The highest BCUT2D eigenvalue weighted by Gasteiger charge is 2.02. The molecular formula is C10H31Cl3N4. The van der Waals surface area contributed by atoms with Crippen LogP contribution in [0.5, 0.6) is 0 Å². The molecule has 0 saturated carbocycles. The average Bonchev–Trinajstić information content (AvgIpc) is 1.81. The highest BCUT2D eigenvalue weighted by molar-refractivity contribution is 5.85. The van der Waals surface area contributed by atoms with Gasteiger partial charge in [-0.2, -0.15) is 0 Å². The molecule has 0 aliphatic heterocycles. The van der Waals surface area contributed by atoms with Crippen molar-refractivity contribution in [1.29, 1.82) is 0 Å². The van der Waals surface area contributed by atoms with Crippen molar-refractivity contribution >= 4 is 12.4 Å². The Morgan fingerprint density at radius 3 is 0.824 bits per heavy atom. The zero-order valence-electron chi connectivity index (χ0n) is 12.0. The van der Waals surface area contributed by atoms with Crippen molar-refractivity contribution in [2.24, 2.45) is 11.5 Å². The van der Waals surface area contributed by atoms with Gasteiger partial charge >= 0.3 is 0 Å². The largest absolute Gasteiger partial charge is 1.00 e. The van der Waals surface area contributed by atoms with Gasteiger partial charge in [0.1, 0.15) is 0 Å². The summed E-state index contributed by atoms with van der Waals surface area (Å²) in [5.41, 5.74) is 10.6. The van der Waals surface area contributed by atoms with Crippen LogP contribution in [0, 0.1) is 0 Å². The molecule has 4 N–H and O–H groups in total. The second kappa shape index (κ2) is 14.8. The van der Waals surface area contributed by atoms with E-state index in [2.05, 4.69) is 42.3 Å². The number of hydrogen-bond acceptors (Lipinski definition) is 2. The maximum absolute atomic E-state index is 5.30. The number of likely N-dealkylation sites (N-methyl/N-ethyl adjacent to an activating group) is 2. The van der Waals surface area contributed by atoms with Crippen molar-refractivity contribution in [3.8, 4) is 0 Å². The van der Waals surface area contributed by atoms with E-state index in [4.69, 9.17) is 11.5 Å². The van der Waals surface area contributed by atoms with E-state index in [1.54, 1.807) is 0 Å². The molecule has 17 heavy (non-hydrogen) atoms. The van der Waals surface area contributed by atoms with E-state index in [1.807, 2.05) is 0 Å². The lowest BCUT2D eigenvalue weighted by Crippen LogP contribution is -3.00. The van der Waals surface area contributed by atoms with E-state index >= 15 is 0 Å². The second-order valence-electron chi connectivity index (χ2n) is 5.61. The maximum atomic E-state index is 5.30. The lowest BCUT2D eigenvalue weighted by molar-refractivity contribution is -0.868. The highest BCUT2D eigenvalue weighted by atomic mass is 35.5. The van der Waals surface area contributed by atoms with Gasteiger partial charge in [-0.05, 0) is 0 Å². The fourth-order valence-corrected chi connectivity index (χ4v) is 0.775. The Morgan fingerprint density at radius 2 is 0.824 bits per heavy atom. The molecule has 0 radical (unpaired) electrons. The quantitative estimate of drug-likeness (QED) is 0.508. The topological polar surface area (TPSA) is 52.0 Å². The van der Waals surface area contributed by atoms with Gasteiger partial charge in [0.25, 0.3) is 0 Å². The molecule has 0 spiro atoms. The minimum Gasteiger partial charge on any atom is -1.00 e. The summed E-state index contributed by atoms with van der Waals surface area (Å²) >= 11 is 0. The summed E-state index contributed by atoms with van der Waals surface area (Å²) in [6.45, 7) is 3.67. The number of rotatable bonds is 4. The summed E-state index contributed by atoms with van der Waals surface area (Å²) in [5, 5.41) is 0. The molecule has 0 heterocycles.